The number of non-ortho nitro benzene ring substituents is 2. The molecular formula is C10H7N2NaO10S2. The van der Waals surface area contributed by atoms with Gasteiger partial charge in [0.15, 0.2) is 0 Å². The predicted molar refractivity (Wildman–Crippen MR) is 78.0 cm³/mol. The van der Waals surface area contributed by atoms with Crippen LogP contribution in [0.4, 0.5) is 11.4 Å². The number of fused-ring (bicyclic) bond motifs is 1. The number of nitro benzene ring substituents is 2. The van der Waals surface area contributed by atoms with Gasteiger partial charge in [0, 0.05) is 12.1 Å². The molecule has 0 bridgehead atoms. The van der Waals surface area contributed by atoms with Gasteiger partial charge in [-0.1, -0.05) is 0 Å². The summed E-state index contributed by atoms with van der Waals surface area (Å²) in [6, 6.07) is 2.02. The van der Waals surface area contributed by atoms with E-state index in [9.17, 15) is 37.1 Å². The molecule has 0 aliphatic rings. The minimum Gasteiger partial charge on any atom is -1.00 e. The third kappa shape index (κ3) is 4.30. The Morgan fingerprint density at radius 1 is 0.800 bits per heavy atom. The maximum Gasteiger partial charge on any atom is 1.00 e. The summed E-state index contributed by atoms with van der Waals surface area (Å²) >= 11 is 0. The fourth-order valence-electron chi connectivity index (χ4n) is 2.00. The van der Waals surface area contributed by atoms with Crippen molar-refractivity contribution in [3.63, 3.8) is 0 Å². The quantitative estimate of drug-likeness (QED) is 0.256. The SMILES string of the molecule is O=[N+]([O-])c1cc(S(=O)(=O)O)cc2cc(S(=O)(=O)O)cc([N+](=O)[O-])c12.[H-].[Na+]. The zero-order valence-corrected chi connectivity index (χ0v) is 15.8. The summed E-state index contributed by atoms with van der Waals surface area (Å²) in [5.41, 5.74) is -2.07. The predicted octanol–water partition coefficient (Wildman–Crippen LogP) is -1.73. The molecule has 2 aromatic rings. The van der Waals surface area contributed by atoms with Crippen LogP contribution in [0.2, 0.25) is 0 Å². The zero-order chi connectivity index (χ0) is 18.4. The van der Waals surface area contributed by atoms with Gasteiger partial charge in [-0.15, -0.1) is 0 Å². The third-order valence-electron chi connectivity index (χ3n) is 2.94. The van der Waals surface area contributed by atoms with E-state index >= 15 is 0 Å². The van der Waals surface area contributed by atoms with Gasteiger partial charge in [0.05, 0.1) is 9.85 Å². The molecule has 0 saturated carbocycles. The standard InChI is InChI=1S/C10H6N2O10S2.Na.H/c13-11(14)8-3-6(23(17,18)19)1-5-2-7(24(20,21)22)4-9(10(5)8)12(15)16;;/h1-4H,(H,17,18,19)(H,20,21,22);;/q;+1;-1. The monoisotopic (exact) mass is 402 g/mol. The van der Waals surface area contributed by atoms with E-state index in [2.05, 4.69) is 0 Å². The smallest absolute Gasteiger partial charge is 1.00 e. The molecule has 130 valence electrons. The van der Waals surface area contributed by atoms with Crippen molar-refractivity contribution < 1.29 is 66.8 Å². The van der Waals surface area contributed by atoms with Gasteiger partial charge in [-0.25, -0.2) is 0 Å². The Labute approximate surface area is 163 Å². The van der Waals surface area contributed by atoms with E-state index in [0.717, 1.165) is 0 Å². The molecule has 0 heterocycles. The van der Waals surface area contributed by atoms with Crippen LogP contribution in [0, 0.1) is 20.2 Å². The second-order valence-corrected chi connectivity index (χ2v) is 7.29. The fraction of sp³-hybridized carbons (Fsp3) is 0. The Morgan fingerprint density at radius 2 is 1.12 bits per heavy atom. The Balaban J connectivity index is 0.00000312. The van der Waals surface area contributed by atoms with Crippen molar-refractivity contribution in [3.8, 4) is 0 Å². The summed E-state index contributed by atoms with van der Waals surface area (Å²) in [7, 11) is -9.84. The normalized spacial score (nSPS) is 11.8. The summed E-state index contributed by atoms with van der Waals surface area (Å²) in [6.07, 6.45) is 0. The van der Waals surface area contributed by atoms with Crippen molar-refractivity contribution >= 4 is 42.4 Å². The van der Waals surface area contributed by atoms with Crippen LogP contribution in [-0.4, -0.2) is 35.8 Å². The average molecular weight is 402 g/mol. The van der Waals surface area contributed by atoms with Gasteiger partial charge in [0.2, 0.25) is 0 Å². The molecule has 0 fully saturated rings. The molecule has 2 aromatic carbocycles. The first kappa shape index (κ1) is 21.4. The molecular weight excluding hydrogens is 395 g/mol. The average Bonchev–Trinajstić information content (AvgIpc) is 2.42. The van der Waals surface area contributed by atoms with Gasteiger partial charge in [-0.05, 0) is 17.5 Å². The van der Waals surface area contributed by atoms with Crippen molar-refractivity contribution in [1.82, 2.24) is 0 Å². The summed E-state index contributed by atoms with van der Waals surface area (Å²) in [5.74, 6) is 0. The number of hydrogen-bond donors (Lipinski definition) is 2. The topological polar surface area (TPSA) is 195 Å². The summed E-state index contributed by atoms with van der Waals surface area (Å²) in [5, 5.41) is 21.0. The van der Waals surface area contributed by atoms with Crippen LogP contribution in [0.5, 0.6) is 0 Å². The minimum atomic E-state index is -4.92. The van der Waals surface area contributed by atoms with Gasteiger partial charge in [0.25, 0.3) is 31.6 Å². The maximum atomic E-state index is 11.2. The Morgan fingerprint density at radius 3 is 1.36 bits per heavy atom. The van der Waals surface area contributed by atoms with Crippen LogP contribution in [0.3, 0.4) is 0 Å². The van der Waals surface area contributed by atoms with E-state index in [1.807, 2.05) is 0 Å². The molecule has 12 nitrogen and oxygen atoms in total. The largest absolute Gasteiger partial charge is 1.00 e. The Hall–Kier alpha value is -1.68. The summed E-state index contributed by atoms with van der Waals surface area (Å²) in [6.45, 7) is 0. The van der Waals surface area contributed by atoms with Crippen molar-refractivity contribution in [1.29, 1.82) is 0 Å². The Bertz CT molecular complexity index is 1030. The van der Waals surface area contributed by atoms with E-state index in [0.29, 0.717) is 24.3 Å². The third-order valence-corrected chi connectivity index (χ3v) is 4.61. The molecule has 0 aliphatic carbocycles. The molecule has 2 rings (SSSR count). The van der Waals surface area contributed by atoms with Crippen LogP contribution >= 0.6 is 0 Å². The summed E-state index contributed by atoms with van der Waals surface area (Å²) in [4.78, 5) is 18.0. The van der Waals surface area contributed by atoms with Gasteiger partial charge in [-0.3, -0.25) is 29.3 Å². The van der Waals surface area contributed by atoms with Crippen LogP contribution in [-0.2, 0) is 20.2 Å². The molecule has 0 unspecified atom stereocenters. The zero-order valence-electron chi connectivity index (χ0n) is 13.2. The van der Waals surface area contributed by atoms with E-state index in [1.54, 1.807) is 0 Å². The minimum absolute atomic E-state index is 0. The van der Waals surface area contributed by atoms with Crippen LogP contribution in [0.1, 0.15) is 1.43 Å². The first-order valence-corrected chi connectivity index (χ1v) is 8.56. The Kier molecular flexibility index (Phi) is 5.90. The first-order valence-electron chi connectivity index (χ1n) is 5.68. The number of nitrogens with zero attached hydrogens (tertiary/aromatic N) is 2. The molecule has 0 aliphatic heterocycles. The van der Waals surface area contributed by atoms with Gasteiger partial charge < -0.3 is 1.43 Å². The molecule has 2 N–H and O–H groups in total. The van der Waals surface area contributed by atoms with Crippen molar-refractivity contribution in [2.45, 2.75) is 9.79 Å². The molecule has 15 heteroatoms. The van der Waals surface area contributed by atoms with Crippen molar-refractivity contribution in [2.75, 3.05) is 0 Å². The van der Waals surface area contributed by atoms with Crippen molar-refractivity contribution in [2.24, 2.45) is 0 Å². The maximum absolute atomic E-state index is 11.2. The fourth-order valence-corrected chi connectivity index (χ4v) is 3.08. The number of hydrogen-bond acceptors (Lipinski definition) is 8. The number of benzene rings is 2. The molecule has 0 spiro atoms. The molecule has 0 amide bonds. The van der Waals surface area contributed by atoms with Gasteiger partial charge in [-0.2, -0.15) is 16.8 Å². The second-order valence-electron chi connectivity index (χ2n) is 4.45. The molecule has 0 saturated heterocycles. The van der Waals surface area contributed by atoms with Gasteiger partial charge >= 0.3 is 29.6 Å². The van der Waals surface area contributed by atoms with E-state index in [1.165, 1.54) is 0 Å². The number of nitro groups is 2. The van der Waals surface area contributed by atoms with Crippen molar-refractivity contribution in [3.05, 3.63) is 44.5 Å². The molecule has 0 radical (unpaired) electrons. The second kappa shape index (κ2) is 6.91. The van der Waals surface area contributed by atoms with E-state index in [-0.39, 0.29) is 31.0 Å². The number of rotatable bonds is 4. The van der Waals surface area contributed by atoms with Crippen LogP contribution in [0.15, 0.2) is 34.1 Å². The first-order chi connectivity index (χ1) is 10.8. The van der Waals surface area contributed by atoms with E-state index < -0.39 is 62.0 Å². The molecule has 0 atom stereocenters. The van der Waals surface area contributed by atoms with Crippen LogP contribution in [0.25, 0.3) is 10.8 Å². The van der Waals surface area contributed by atoms with Gasteiger partial charge in [0.1, 0.15) is 15.2 Å². The molecule has 25 heavy (non-hydrogen) atoms. The molecule has 0 aromatic heterocycles. The van der Waals surface area contributed by atoms with E-state index in [4.69, 9.17) is 9.11 Å². The summed E-state index contributed by atoms with van der Waals surface area (Å²) < 4.78 is 62.8. The van der Waals surface area contributed by atoms with Crippen LogP contribution < -0.4 is 29.6 Å².